The summed E-state index contributed by atoms with van der Waals surface area (Å²) in [4.78, 5) is 10.7. The molecule has 0 fully saturated rings. The maximum atomic E-state index is 5.75. The second-order valence-electron chi connectivity index (χ2n) is 3.89. The van der Waals surface area contributed by atoms with Crippen molar-refractivity contribution in [3.63, 3.8) is 0 Å². The van der Waals surface area contributed by atoms with E-state index in [1.54, 1.807) is 23.1 Å². The SMILES string of the molecule is Cc1ccccc1Sc1nc(N)nc2sccc12. The Balaban J connectivity index is 2.10. The zero-order valence-electron chi connectivity index (χ0n) is 9.75. The Labute approximate surface area is 113 Å². The van der Waals surface area contributed by atoms with Crippen LogP contribution in [0.5, 0.6) is 0 Å². The zero-order chi connectivity index (χ0) is 12.5. The number of nitrogens with two attached hydrogens (primary N) is 1. The molecule has 0 aliphatic heterocycles. The monoisotopic (exact) mass is 273 g/mol. The molecule has 2 heterocycles. The van der Waals surface area contributed by atoms with Crippen LogP contribution in [0.2, 0.25) is 0 Å². The molecule has 0 aliphatic rings. The van der Waals surface area contributed by atoms with Gasteiger partial charge in [-0.1, -0.05) is 30.0 Å². The van der Waals surface area contributed by atoms with Gasteiger partial charge < -0.3 is 5.73 Å². The van der Waals surface area contributed by atoms with Crippen LogP contribution in [0.15, 0.2) is 45.6 Å². The second-order valence-corrected chi connectivity index (χ2v) is 5.82. The fourth-order valence-electron chi connectivity index (χ4n) is 1.70. The van der Waals surface area contributed by atoms with Gasteiger partial charge in [-0.2, -0.15) is 0 Å². The predicted molar refractivity (Wildman–Crippen MR) is 77.1 cm³/mol. The minimum absolute atomic E-state index is 0.334. The summed E-state index contributed by atoms with van der Waals surface area (Å²) in [5, 5.41) is 4.01. The van der Waals surface area contributed by atoms with E-state index < -0.39 is 0 Å². The van der Waals surface area contributed by atoms with E-state index in [9.17, 15) is 0 Å². The molecule has 18 heavy (non-hydrogen) atoms. The molecule has 90 valence electrons. The first-order chi connectivity index (χ1) is 8.74. The van der Waals surface area contributed by atoms with Gasteiger partial charge in [-0.05, 0) is 30.0 Å². The summed E-state index contributed by atoms with van der Waals surface area (Å²) in [5.74, 6) is 0.334. The van der Waals surface area contributed by atoms with Gasteiger partial charge in [0.05, 0.1) is 0 Å². The molecule has 0 saturated heterocycles. The fourth-order valence-corrected chi connectivity index (χ4v) is 3.53. The minimum atomic E-state index is 0.334. The number of anilines is 1. The van der Waals surface area contributed by atoms with Crippen molar-refractivity contribution in [2.75, 3.05) is 5.73 Å². The van der Waals surface area contributed by atoms with E-state index in [1.165, 1.54) is 10.5 Å². The molecule has 3 aromatic rings. The Bertz CT molecular complexity index is 706. The molecule has 1 aromatic carbocycles. The lowest BCUT2D eigenvalue weighted by Gasteiger charge is -2.06. The highest BCUT2D eigenvalue weighted by molar-refractivity contribution is 7.99. The Morgan fingerprint density at radius 1 is 1.17 bits per heavy atom. The third kappa shape index (κ3) is 2.07. The van der Waals surface area contributed by atoms with Crippen molar-refractivity contribution < 1.29 is 0 Å². The van der Waals surface area contributed by atoms with Gasteiger partial charge in [-0.15, -0.1) is 11.3 Å². The first kappa shape index (κ1) is 11.5. The van der Waals surface area contributed by atoms with Crippen LogP contribution < -0.4 is 5.73 Å². The molecule has 2 N–H and O–H groups in total. The molecule has 0 radical (unpaired) electrons. The number of aromatic nitrogens is 2. The third-order valence-corrected chi connectivity index (χ3v) is 4.60. The van der Waals surface area contributed by atoms with Gasteiger partial charge in [0.1, 0.15) is 9.86 Å². The first-order valence-electron chi connectivity index (χ1n) is 5.48. The van der Waals surface area contributed by atoms with E-state index in [0.29, 0.717) is 5.95 Å². The van der Waals surface area contributed by atoms with E-state index in [1.807, 2.05) is 23.6 Å². The van der Waals surface area contributed by atoms with Crippen LogP contribution in [0, 0.1) is 6.92 Å². The van der Waals surface area contributed by atoms with Crippen LogP contribution in [0.1, 0.15) is 5.56 Å². The normalized spacial score (nSPS) is 10.9. The predicted octanol–water partition coefficient (Wildman–Crippen LogP) is 3.73. The summed E-state index contributed by atoms with van der Waals surface area (Å²) in [5.41, 5.74) is 6.99. The van der Waals surface area contributed by atoms with Crippen molar-refractivity contribution >= 4 is 39.3 Å². The maximum Gasteiger partial charge on any atom is 0.222 e. The van der Waals surface area contributed by atoms with Crippen molar-refractivity contribution in [3.05, 3.63) is 41.3 Å². The number of benzene rings is 1. The number of aryl methyl sites for hydroxylation is 1. The van der Waals surface area contributed by atoms with Gasteiger partial charge in [0, 0.05) is 10.3 Å². The van der Waals surface area contributed by atoms with Crippen LogP contribution in [-0.2, 0) is 0 Å². The van der Waals surface area contributed by atoms with Crippen molar-refractivity contribution in [2.24, 2.45) is 0 Å². The van der Waals surface area contributed by atoms with Crippen molar-refractivity contribution in [3.8, 4) is 0 Å². The summed E-state index contributed by atoms with van der Waals surface area (Å²) in [7, 11) is 0. The Morgan fingerprint density at radius 2 is 2.00 bits per heavy atom. The van der Waals surface area contributed by atoms with E-state index in [4.69, 9.17) is 5.73 Å². The molecule has 0 unspecified atom stereocenters. The summed E-state index contributed by atoms with van der Waals surface area (Å²) < 4.78 is 0. The van der Waals surface area contributed by atoms with Gasteiger partial charge in [0.2, 0.25) is 5.95 Å². The second kappa shape index (κ2) is 4.59. The molecule has 0 saturated carbocycles. The molecule has 0 spiro atoms. The van der Waals surface area contributed by atoms with Gasteiger partial charge in [0.15, 0.2) is 0 Å². The number of fused-ring (bicyclic) bond motifs is 1. The lowest BCUT2D eigenvalue weighted by atomic mass is 10.2. The Morgan fingerprint density at radius 3 is 2.83 bits per heavy atom. The summed E-state index contributed by atoms with van der Waals surface area (Å²) in [6.45, 7) is 2.09. The largest absolute Gasteiger partial charge is 0.368 e. The average Bonchev–Trinajstić information content (AvgIpc) is 2.80. The number of nitrogen functional groups attached to an aromatic ring is 1. The molecule has 0 aliphatic carbocycles. The lowest BCUT2D eigenvalue weighted by Crippen LogP contribution is -1.95. The zero-order valence-corrected chi connectivity index (χ0v) is 11.4. The highest BCUT2D eigenvalue weighted by Crippen LogP contribution is 2.35. The van der Waals surface area contributed by atoms with Crippen molar-refractivity contribution in [2.45, 2.75) is 16.8 Å². The maximum absolute atomic E-state index is 5.75. The standard InChI is InChI=1S/C13H11N3S2/c1-8-4-2-3-5-10(8)18-12-9-6-7-17-11(9)15-13(14)16-12/h2-7H,1H3,(H2,14,15,16). The summed E-state index contributed by atoms with van der Waals surface area (Å²) >= 11 is 3.22. The molecule has 3 nitrogen and oxygen atoms in total. The third-order valence-electron chi connectivity index (χ3n) is 2.61. The molecular weight excluding hydrogens is 262 g/mol. The van der Waals surface area contributed by atoms with Crippen molar-refractivity contribution in [1.29, 1.82) is 0 Å². The van der Waals surface area contributed by atoms with E-state index in [0.717, 1.165) is 15.2 Å². The molecule has 0 bridgehead atoms. The average molecular weight is 273 g/mol. The highest BCUT2D eigenvalue weighted by atomic mass is 32.2. The van der Waals surface area contributed by atoms with Gasteiger partial charge in [-0.3, -0.25) is 0 Å². The first-order valence-corrected chi connectivity index (χ1v) is 7.18. The summed E-state index contributed by atoms with van der Waals surface area (Å²) in [6, 6.07) is 10.3. The van der Waals surface area contributed by atoms with Crippen LogP contribution >= 0.6 is 23.1 Å². The topological polar surface area (TPSA) is 51.8 Å². The number of rotatable bonds is 2. The van der Waals surface area contributed by atoms with E-state index in [2.05, 4.69) is 29.0 Å². The molecule has 0 amide bonds. The van der Waals surface area contributed by atoms with Crippen LogP contribution in [0.4, 0.5) is 5.95 Å². The van der Waals surface area contributed by atoms with E-state index in [-0.39, 0.29) is 0 Å². The molecular formula is C13H11N3S2. The lowest BCUT2D eigenvalue weighted by molar-refractivity contribution is 1.12. The van der Waals surface area contributed by atoms with Crippen LogP contribution in [0.3, 0.4) is 0 Å². The molecule has 5 heteroatoms. The quantitative estimate of drug-likeness (QED) is 0.723. The van der Waals surface area contributed by atoms with Gasteiger partial charge >= 0.3 is 0 Å². The number of thiophene rings is 1. The smallest absolute Gasteiger partial charge is 0.222 e. The Hall–Kier alpha value is -1.59. The molecule has 2 aromatic heterocycles. The number of hydrogen-bond acceptors (Lipinski definition) is 5. The van der Waals surface area contributed by atoms with Crippen molar-refractivity contribution in [1.82, 2.24) is 9.97 Å². The van der Waals surface area contributed by atoms with Crippen LogP contribution in [-0.4, -0.2) is 9.97 Å². The Kier molecular flexibility index (Phi) is 2.93. The van der Waals surface area contributed by atoms with Gasteiger partial charge in [-0.25, -0.2) is 9.97 Å². The fraction of sp³-hybridized carbons (Fsp3) is 0.0769. The molecule has 3 rings (SSSR count). The number of hydrogen-bond donors (Lipinski definition) is 1. The highest BCUT2D eigenvalue weighted by Gasteiger charge is 2.09. The molecule has 0 atom stereocenters. The van der Waals surface area contributed by atoms with E-state index >= 15 is 0 Å². The van der Waals surface area contributed by atoms with Gasteiger partial charge in [0.25, 0.3) is 0 Å². The number of nitrogens with zero attached hydrogens (tertiary/aromatic N) is 2. The summed E-state index contributed by atoms with van der Waals surface area (Å²) in [6.07, 6.45) is 0. The minimum Gasteiger partial charge on any atom is -0.368 e. The van der Waals surface area contributed by atoms with Crippen LogP contribution in [0.25, 0.3) is 10.2 Å².